The minimum atomic E-state index is 0.230. The number of thioether (sulfide) groups is 1. The zero-order valence-electron chi connectivity index (χ0n) is 11.2. The molecule has 0 fully saturated rings. The lowest BCUT2D eigenvalue weighted by Gasteiger charge is -2.22. The third-order valence-corrected chi connectivity index (χ3v) is 3.30. The molecule has 0 spiro atoms. The molecule has 0 aromatic heterocycles. The molecule has 0 atom stereocenters. The van der Waals surface area contributed by atoms with Gasteiger partial charge < -0.3 is 10.6 Å². The van der Waals surface area contributed by atoms with E-state index >= 15 is 0 Å². The number of carbonyl (C=O) groups is 1. The molecule has 0 aliphatic heterocycles. The molecule has 2 N–H and O–H groups in total. The van der Waals surface area contributed by atoms with Gasteiger partial charge in [-0.25, -0.2) is 0 Å². The van der Waals surface area contributed by atoms with Crippen LogP contribution in [0.1, 0.15) is 25.3 Å². The van der Waals surface area contributed by atoms with Crippen molar-refractivity contribution in [3.63, 3.8) is 0 Å². The standard InChI is InChI=1S/C14H22N2OS/c1-3-8-16(14(17)7-9-18-2)11-12-5-4-6-13(15)10-12/h4-6,10H,3,7-9,11,15H2,1-2H3. The van der Waals surface area contributed by atoms with Gasteiger partial charge in [-0.1, -0.05) is 19.1 Å². The summed E-state index contributed by atoms with van der Waals surface area (Å²) in [7, 11) is 0. The monoisotopic (exact) mass is 266 g/mol. The Morgan fingerprint density at radius 3 is 2.83 bits per heavy atom. The highest BCUT2D eigenvalue weighted by atomic mass is 32.2. The summed E-state index contributed by atoms with van der Waals surface area (Å²) in [6.45, 7) is 3.56. The number of hydrogen-bond acceptors (Lipinski definition) is 3. The van der Waals surface area contributed by atoms with E-state index < -0.39 is 0 Å². The predicted molar refractivity (Wildman–Crippen MR) is 79.6 cm³/mol. The van der Waals surface area contributed by atoms with Crippen LogP contribution in [0.25, 0.3) is 0 Å². The number of hydrogen-bond donors (Lipinski definition) is 1. The summed E-state index contributed by atoms with van der Waals surface area (Å²) in [6, 6.07) is 7.75. The van der Waals surface area contributed by atoms with Gasteiger partial charge in [-0.2, -0.15) is 11.8 Å². The number of amides is 1. The summed E-state index contributed by atoms with van der Waals surface area (Å²) in [5.41, 5.74) is 7.61. The Hall–Kier alpha value is -1.16. The highest BCUT2D eigenvalue weighted by Gasteiger charge is 2.12. The molecule has 1 amide bonds. The minimum absolute atomic E-state index is 0.230. The average molecular weight is 266 g/mol. The lowest BCUT2D eigenvalue weighted by molar-refractivity contribution is -0.131. The van der Waals surface area contributed by atoms with Crippen molar-refractivity contribution in [2.24, 2.45) is 0 Å². The smallest absolute Gasteiger partial charge is 0.223 e. The molecule has 0 bridgehead atoms. The Balaban J connectivity index is 2.64. The number of carbonyl (C=O) groups excluding carboxylic acids is 1. The van der Waals surface area contributed by atoms with E-state index in [4.69, 9.17) is 5.73 Å². The Morgan fingerprint density at radius 1 is 1.44 bits per heavy atom. The molecule has 0 unspecified atom stereocenters. The number of benzene rings is 1. The molecule has 0 saturated heterocycles. The van der Waals surface area contributed by atoms with Gasteiger partial charge in [0.1, 0.15) is 0 Å². The first kappa shape index (κ1) is 14.9. The van der Waals surface area contributed by atoms with Gasteiger partial charge >= 0.3 is 0 Å². The number of nitrogen functional groups attached to an aromatic ring is 1. The molecule has 1 aromatic rings. The Bertz CT molecular complexity index is 382. The molecule has 0 saturated carbocycles. The summed E-state index contributed by atoms with van der Waals surface area (Å²) in [5, 5.41) is 0. The second-order valence-corrected chi connectivity index (χ2v) is 5.29. The number of rotatable bonds is 7. The van der Waals surface area contributed by atoms with Gasteiger partial charge in [0, 0.05) is 31.0 Å². The fraction of sp³-hybridized carbons (Fsp3) is 0.500. The quantitative estimate of drug-likeness (QED) is 0.772. The second kappa shape index (κ2) is 8.03. The average Bonchev–Trinajstić information content (AvgIpc) is 2.35. The van der Waals surface area contributed by atoms with Crippen LogP contribution < -0.4 is 5.73 Å². The minimum Gasteiger partial charge on any atom is -0.399 e. The van der Waals surface area contributed by atoms with Crippen LogP contribution in [-0.2, 0) is 11.3 Å². The summed E-state index contributed by atoms with van der Waals surface area (Å²) in [6.07, 6.45) is 3.62. The summed E-state index contributed by atoms with van der Waals surface area (Å²) in [5.74, 6) is 1.12. The second-order valence-electron chi connectivity index (χ2n) is 4.30. The van der Waals surface area contributed by atoms with Gasteiger partial charge in [0.15, 0.2) is 0 Å². The highest BCUT2D eigenvalue weighted by molar-refractivity contribution is 7.98. The summed E-state index contributed by atoms with van der Waals surface area (Å²) < 4.78 is 0. The molecule has 1 aromatic carbocycles. The van der Waals surface area contributed by atoms with Gasteiger partial charge in [-0.3, -0.25) is 4.79 Å². The van der Waals surface area contributed by atoms with Gasteiger partial charge in [0.05, 0.1) is 0 Å². The fourth-order valence-electron chi connectivity index (χ4n) is 1.82. The zero-order valence-corrected chi connectivity index (χ0v) is 12.0. The van der Waals surface area contributed by atoms with Crippen LogP contribution in [0, 0.1) is 0 Å². The van der Waals surface area contributed by atoms with E-state index in [1.807, 2.05) is 35.4 Å². The van der Waals surface area contributed by atoms with E-state index in [2.05, 4.69) is 6.92 Å². The highest BCUT2D eigenvalue weighted by Crippen LogP contribution is 2.11. The van der Waals surface area contributed by atoms with Crippen molar-refractivity contribution in [1.29, 1.82) is 0 Å². The maximum Gasteiger partial charge on any atom is 0.223 e. The van der Waals surface area contributed by atoms with E-state index in [0.717, 1.165) is 30.0 Å². The topological polar surface area (TPSA) is 46.3 Å². The van der Waals surface area contributed by atoms with Crippen LogP contribution >= 0.6 is 11.8 Å². The molecular weight excluding hydrogens is 244 g/mol. The first-order valence-corrected chi connectivity index (χ1v) is 7.68. The molecule has 0 heterocycles. The maximum atomic E-state index is 12.1. The largest absolute Gasteiger partial charge is 0.399 e. The van der Waals surface area contributed by atoms with E-state index in [1.54, 1.807) is 11.8 Å². The van der Waals surface area contributed by atoms with E-state index in [9.17, 15) is 4.79 Å². The van der Waals surface area contributed by atoms with Crippen molar-refractivity contribution < 1.29 is 4.79 Å². The third-order valence-electron chi connectivity index (χ3n) is 2.69. The molecule has 18 heavy (non-hydrogen) atoms. The van der Waals surface area contributed by atoms with Crippen molar-refractivity contribution in [2.45, 2.75) is 26.3 Å². The molecule has 4 heteroatoms. The molecular formula is C14H22N2OS. The van der Waals surface area contributed by atoms with Crippen LogP contribution in [0.3, 0.4) is 0 Å². The Kier molecular flexibility index (Phi) is 6.65. The van der Waals surface area contributed by atoms with Crippen LogP contribution in [-0.4, -0.2) is 29.4 Å². The van der Waals surface area contributed by atoms with Crippen molar-refractivity contribution in [3.05, 3.63) is 29.8 Å². The summed E-state index contributed by atoms with van der Waals surface area (Å²) in [4.78, 5) is 14.0. The van der Waals surface area contributed by atoms with E-state index in [1.165, 1.54) is 0 Å². The predicted octanol–water partition coefficient (Wildman–Crippen LogP) is 2.76. The molecule has 100 valence electrons. The lowest BCUT2D eigenvalue weighted by Crippen LogP contribution is -2.31. The number of anilines is 1. The zero-order chi connectivity index (χ0) is 13.4. The van der Waals surface area contributed by atoms with Crippen molar-refractivity contribution >= 4 is 23.4 Å². The van der Waals surface area contributed by atoms with E-state index in [0.29, 0.717) is 13.0 Å². The number of nitrogens with zero attached hydrogens (tertiary/aromatic N) is 1. The van der Waals surface area contributed by atoms with Crippen LogP contribution in [0.5, 0.6) is 0 Å². The van der Waals surface area contributed by atoms with Crippen LogP contribution in [0.4, 0.5) is 5.69 Å². The summed E-state index contributed by atoms with van der Waals surface area (Å²) >= 11 is 1.71. The first-order chi connectivity index (χ1) is 8.67. The number of nitrogens with two attached hydrogens (primary N) is 1. The Morgan fingerprint density at radius 2 is 2.22 bits per heavy atom. The molecule has 3 nitrogen and oxygen atoms in total. The van der Waals surface area contributed by atoms with Gasteiger partial charge in [-0.15, -0.1) is 0 Å². The van der Waals surface area contributed by atoms with Gasteiger partial charge in [0.2, 0.25) is 5.91 Å². The molecule has 1 rings (SSSR count). The Labute approximate surface area is 114 Å². The first-order valence-electron chi connectivity index (χ1n) is 6.28. The van der Waals surface area contributed by atoms with Gasteiger partial charge in [-0.05, 0) is 30.4 Å². The normalized spacial score (nSPS) is 10.3. The van der Waals surface area contributed by atoms with Crippen LogP contribution in [0.15, 0.2) is 24.3 Å². The molecule has 0 radical (unpaired) electrons. The third kappa shape index (κ3) is 5.00. The molecule has 0 aliphatic rings. The van der Waals surface area contributed by atoms with Crippen molar-refractivity contribution in [3.8, 4) is 0 Å². The van der Waals surface area contributed by atoms with Crippen LogP contribution in [0.2, 0.25) is 0 Å². The van der Waals surface area contributed by atoms with E-state index in [-0.39, 0.29) is 5.91 Å². The lowest BCUT2D eigenvalue weighted by atomic mass is 10.2. The maximum absolute atomic E-state index is 12.1. The SMILES string of the molecule is CCCN(Cc1cccc(N)c1)C(=O)CCSC. The van der Waals surface area contributed by atoms with Crippen molar-refractivity contribution in [2.75, 3.05) is 24.3 Å². The van der Waals surface area contributed by atoms with Crippen molar-refractivity contribution in [1.82, 2.24) is 4.90 Å². The van der Waals surface area contributed by atoms with Gasteiger partial charge in [0.25, 0.3) is 0 Å². The molecule has 0 aliphatic carbocycles. The fourth-order valence-corrected chi connectivity index (χ4v) is 2.20.